The van der Waals surface area contributed by atoms with Gasteiger partial charge in [-0.3, -0.25) is 9.98 Å². The molecule has 3 aliphatic rings. The van der Waals surface area contributed by atoms with Gasteiger partial charge in [-0.25, -0.2) is 0 Å². The van der Waals surface area contributed by atoms with Crippen LogP contribution in [0.2, 0.25) is 0 Å². The van der Waals surface area contributed by atoms with Gasteiger partial charge in [-0.05, 0) is 60.7 Å². The van der Waals surface area contributed by atoms with Crippen LogP contribution in [0.25, 0.3) is 0 Å². The molecule has 3 aliphatic heterocycles. The summed E-state index contributed by atoms with van der Waals surface area (Å²) in [5.74, 6) is 2.38. The molecule has 5 rings (SSSR count). The summed E-state index contributed by atoms with van der Waals surface area (Å²) in [6, 6.07) is 17.5. The number of nitrogens with one attached hydrogen (secondary N) is 4. The number of halogens is 3. The number of hydrogen-bond donors (Lipinski definition) is 4. The molecule has 0 radical (unpaired) electrons. The maximum Gasteiger partial charge on any atom is 0.195 e. The minimum absolute atomic E-state index is 0. The van der Waals surface area contributed by atoms with E-state index >= 15 is 0 Å². The summed E-state index contributed by atoms with van der Waals surface area (Å²) in [6.07, 6.45) is 2.36. The minimum atomic E-state index is 0. The zero-order valence-electron chi connectivity index (χ0n) is 18.4. The van der Waals surface area contributed by atoms with Crippen molar-refractivity contribution in [3.05, 3.63) is 54.1 Å². The number of benzene rings is 2. The van der Waals surface area contributed by atoms with E-state index in [1.807, 2.05) is 0 Å². The lowest BCUT2D eigenvalue weighted by Crippen LogP contribution is -2.32. The number of anilines is 3. The Morgan fingerprint density at radius 3 is 1.64 bits per heavy atom. The van der Waals surface area contributed by atoms with Gasteiger partial charge in [-0.2, -0.15) is 0 Å². The van der Waals surface area contributed by atoms with E-state index in [-0.39, 0.29) is 37.2 Å². The van der Waals surface area contributed by atoms with Gasteiger partial charge >= 0.3 is 0 Å². The highest BCUT2D eigenvalue weighted by Gasteiger charge is 2.21. The van der Waals surface area contributed by atoms with Crippen LogP contribution < -0.4 is 26.2 Å². The van der Waals surface area contributed by atoms with E-state index in [2.05, 4.69) is 84.7 Å². The van der Waals surface area contributed by atoms with Crippen molar-refractivity contribution >= 4 is 66.2 Å². The molecule has 180 valence electrons. The summed E-state index contributed by atoms with van der Waals surface area (Å²) in [4.78, 5) is 11.3. The molecule has 0 aliphatic carbocycles. The highest BCUT2D eigenvalue weighted by atomic mass is 35.5. The lowest BCUT2D eigenvalue weighted by molar-refractivity contribution is 0.505. The molecule has 0 aromatic heterocycles. The van der Waals surface area contributed by atoms with E-state index in [4.69, 9.17) is 0 Å². The summed E-state index contributed by atoms with van der Waals surface area (Å²) in [5.41, 5.74) is 4.90. The smallest absolute Gasteiger partial charge is 0.195 e. The van der Waals surface area contributed by atoms with Gasteiger partial charge in [-0.15, -0.1) is 37.2 Å². The van der Waals surface area contributed by atoms with Gasteiger partial charge < -0.3 is 26.2 Å². The van der Waals surface area contributed by atoms with Crippen LogP contribution in [0.3, 0.4) is 0 Å². The molecule has 7 nitrogen and oxygen atoms in total. The van der Waals surface area contributed by atoms with Crippen molar-refractivity contribution in [3.63, 3.8) is 0 Å². The van der Waals surface area contributed by atoms with Gasteiger partial charge in [0.2, 0.25) is 0 Å². The zero-order valence-corrected chi connectivity index (χ0v) is 20.9. The third-order valence-electron chi connectivity index (χ3n) is 5.98. The Bertz CT molecular complexity index is 847. The largest absolute Gasteiger partial charge is 0.371 e. The summed E-state index contributed by atoms with van der Waals surface area (Å²) >= 11 is 0. The van der Waals surface area contributed by atoms with Gasteiger partial charge in [0.05, 0.1) is 13.1 Å². The molecule has 3 heterocycles. The summed E-state index contributed by atoms with van der Waals surface area (Å²) in [7, 11) is 0. The van der Waals surface area contributed by atoms with Crippen LogP contribution in [-0.2, 0) is 0 Å². The fourth-order valence-corrected chi connectivity index (χ4v) is 4.30. The molecule has 1 saturated heterocycles. The fourth-order valence-electron chi connectivity index (χ4n) is 4.30. The Morgan fingerprint density at radius 2 is 1.18 bits per heavy atom. The van der Waals surface area contributed by atoms with Crippen LogP contribution in [0.4, 0.5) is 17.1 Å². The van der Waals surface area contributed by atoms with Crippen molar-refractivity contribution in [1.29, 1.82) is 0 Å². The molecular formula is C23H32Cl3N7. The maximum absolute atomic E-state index is 4.39. The Labute approximate surface area is 214 Å². The number of hydrogen-bond acceptors (Lipinski definition) is 7. The Hall–Kier alpha value is -2.35. The van der Waals surface area contributed by atoms with Crippen LogP contribution in [-0.4, -0.2) is 51.2 Å². The molecule has 0 unspecified atom stereocenters. The van der Waals surface area contributed by atoms with Crippen molar-refractivity contribution in [2.24, 2.45) is 9.98 Å². The third-order valence-corrected chi connectivity index (χ3v) is 5.98. The molecule has 0 atom stereocenters. The first-order chi connectivity index (χ1) is 14.8. The number of rotatable bonds is 4. The first kappa shape index (κ1) is 26.9. The number of nitrogens with zero attached hydrogens (tertiary/aromatic N) is 3. The number of aliphatic imine (C=N–C) groups is 2. The summed E-state index contributed by atoms with van der Waals surface area (Å²) in [6.45, 7) is 5.72. The van der Waals surface area contributed by atoms with Crippen LogP contribution in [0.15, 0.2) is 58.5 Å². The molecule has 0 saturated carbocycles. The lowest BCUT2D eigenvalue weighted by Gasteiger charge is -2.34. The average Bonchev–Trinajstić information content (AvgIpc) is 3.50. The lowest BCUT2D eigenvalue weighted by atomic mass is 9.89. The number of piperidine rings is 1. The standard InChI is InChI=1S/C23H29N7.3ClH/c1-3-19(28-22-24-11-12-25-22)4-2-17(1)18-9-15-30(16-10-18)21-7-5-20(6-8-21)29-23-26-13-14-27-23;;;/h1-8,18H,9-16H2,(H2,24,25,28)(H2,26,27,29);3*1H. The molecule has 0 amide bonds. The average molecular weight is 513 g/mol. The molecule has 10 heteroatoms. The topological polar surface area (TPSA) is 76.1 Å². The van der Waals surface area contributed by atoms with E-state index in [1.165, 1.54) is 24.1 Å². The normalized spacial score (nSPS) is 17.3. The number of guanidine groups is 2. The highest BCUT2D eigenvalue weighted by molar-refractivity contribution is 5.95. The quantitative estimate of drug-likeness (QED) is 0.497. The van der Waals surface area contributed by atoms with Gasteiger partial charge in [0.25, 0.3) is 0 Å². The second kappa shape index (κ2) is 12.8. The molecule has 2 aromatic carbocycles. The van der Waals surface area contributed by atoms with E-state index < -0.39 is 0 Å². The Kier molecular flexibility index (Phi) is 10.4. The van der Waals surface area contributed by atoms with Gasteiger partial charge in [0.15, 0.2) is 11.9 Å². The van der Waals surface area contributed by atoms with Gasteiger partial charge in [-0.1, -0.05) is 12.1 Å². The third kappa shape index (κ3) is 6.82. The van der Waals surface area contributed by atoms with Gasteiger partial charge in [0.1, 0.15) is 0 Å². The second-order valence-corrected chi connectivity index (χ2v) is 7.99. The van der Waals surface area contributed by atoms with Crippen LogP contribution in [0, 0.1) is 0 Å². The predicted octanol–water partition coefficient (Wildman–Crippen LogP) is 4.08. The second-order valence-electron chi connectivity index (χ2n) is 7.99. The van der Waals surface area contributed by atoms with Gasteiger partial charge in [0, 0.05) is 43.2 Å². The van der Waals surface area contributed by atoms with Crippen LogP contribution in [0.1, 0.15) is 24.3 Å². The summed E-state index contributed by atoms with van der Waals surface area (Å²) in [5, 5.41) is 13.2. The fraction of sp³-hybridized carbons (Fsp3) is 0.391. The first-order valence-corrected chi connectivity index (χ1v) is 10.9. The zero-order chi connectivity index (χ0) is 20.2. The highest BCUT2D eigenvalue weighted by Crippen LogP contribution is 2.31. The predicted molar refractivity (Wildman–Crippen MR) is 147 cm³/mol. The first-order valence-electron chi connectivity index (χ1n) is 10.9. The SMILES string of the molecule is Cl.Cl.Cl.c1cc(C2CCN(c3ccc(NC4=NCCN4)cc3)CC2)ccc1NC1=NCCN1. The molecule has 33 heavy (non-hydrogen) atoms. The van der Waals surface area contributed by atoms with E-state index in [1.54, 1.807) is 0 Å². The molecule has 4 N–H and O–H groups in total. The van der Waals surface area contributed by atoms with E-state index in [0.29, 0.717) is 5.92 Å². The molecule has 0 spiro atoms. The summed E-state index contributed by atoms with van der Waals surface area (Å²) < 4.78 is 0. The van der Waals surface area contributed by atoms with E-state index in [0.717, 1.165) is 62.6 Å². The van der Waals surface area contributed by atoms with Crippen LogP contribution in [0.5, 0.6) is 0 Å². The van der Waals surface area contributed by atoms with E-state index in [9.17, 15) is 0 Å². The minimum Gasteiger partial charge on any atom is -0.371 e. The Balaban J connectivity index is 0.00000128. The van der Waals surface area contributed by atoms with Crippen molar-refractivity contribution in [1.82, 2.24) is 10.6 Å². The van der Waals surface area contributed by atoms with Crippen LogP contribution >= 0.6 is 37.2 Å². The molecule has 1 fully saturated rings. The van der Waals surface area contributed by atoms with Crippen molar-refractivity contribution < 1.29 is 0 Å². The Morgan fingerprint density at radius 1 is 0.697 bits per heavy atom. The van der Waals surface area contributed by atoms with Crippen molar-refractivity contribution in [3.8, 4) is 0 Å². The molecule has 2 aromatic rings. The monoisotopic (exact) mass is 511 g/mol. The molecular weight excluding hydrogens is 481 g/mol. The maximum atomic E-state index is 4.39. The molecule has 0 bridgehead atoms. The van der Waals surface area contributed by atoms with Crippen molar-refractivity contribution in [2.45, 2.75) is 18.8 Å². The van der Waals surface area contributed by atoms with Crippen molar-refractivity contribution in [2.75, 3.05) is 54.8 Å².